The van der Waals surface area contributed by atoms with Gasteiger partial charge in [-0.2, -0.15) is 5.10 Å². The van der Waals surface area contributed by atoms with Crippen LogP contribution in [0.1, 0.15) is 39.7 Å². The first-order valence-corrected chi connectivity index (χ1v) is 10.9. The highest BCUT2D eigenvalue weighted by Gasteiger charge is 2.30. The van der Waals surface area contributed by atoms with Gasteiger partial charge in [-0.15, -0.1) is 0 Å². The fourth-order valence-electron chi connectivity index (χ4n) is 4.75. The van der Waals surface area contributed by atoms with E-state index in [2.05, 4.69) is 60.0 Å². The lowest BCUT2D eigenvalue weighted by Crippen LogP contribution is -2.57. The Kier molecular flexibility index (Phi) is 5.79. The van der Waals surface area contributed by atoms with Crippen LogP contribution in [0, 0.1) is 5.92 Å². The number of hydrogen-bond donors (Lipinski definition) is 1. The molecule has 0 spiro atoms. The van der Waals surface area contributed by atoms with Gasteiger partial charge < -0.3 is 0 Å². The van der Waals surface area contributed by atoms with Crippen LogP contribution in [0.3, 0.4) is 0 Å². The van der Waals surface area contributed by atoms with Crippen LogP contribution in [0.25, 0.3) is 5.52 Å². The molecule has 0 bridgehead atoms. The Bertz CT molecular complexity index is 927. The molecule has 0 saturated carbocycles. The van der Waals surface area contributed by atoms with Gasteiger partial charge in [-0.3, -0.25) is 24.8 Å². The fraction of sp³-hybridized carbons (Fsp3) is 0.591. The number of imide groups is 1. The van der Waals surface area contributed by atoms with Gasteiger partial charge in [0.2, 0.25) is 5.91 Å². The Morgan fingerprint density at radius 3 is 2.60 bits per heavy atom. The maximum absolute atomic E-state index is 12.3. The number of hydrogen-bond acceptors (Lipinski definition) is 5. The number of nitrogens with one attached hydrogen (secondary N) is 1. The summed E-state index contributed by atoms with van der Waals surface area (Å²) < 4.78 is 1.79. The van der Waals surface area contributed by atoms with E-state index in [9.17, 15) is 9.59 Å². The molecule has 2 aliphatic rings. The summed E-state index contributed by atoms with van der Waals surface area (Å²) >= 11 is 0. The van der Waals surface area contributed by atoms with Crippen molar-refractivity contribution in [3.8, 4) is 0 Å². The lowest BCUT2D eigenvalue weighted by Gasteiger charge is -2.45. The van der Waals surface area contributed by atoms with E-state index < -0.39 is 0 Å². The number of anilines is 1. The molecule has 0 radical (unpaired) electrons. The lowest BCUT2D eigenvalue weighted by molar-refractivity contribution is -0.120. The first kappa shape index (κ1) is 20.8. The molecule has 4 rings (SSSR count). The van der Waals surface area contributed by atoms with E-state index in [1.165, 1.54) is 5.56 Å². The third-order valence-corrected chi connectivity index (χ3v) is 6.07. The molecule has 8 nitrogen and oxygen atoms in total. The lowest BCUT2D eigenvalue weighted by atomic mass is 10.0. The largest absolute Gasteiger partial charge is 0.328 e. The third kappa shape index (κ3) is 4.20. The molecule has 2 atom stereocenters. The predicted molar refractivity (Wildman–Crippen MR) is 116 cm³/mol. The van der Waals surface area contributed by atoms with Gasteiger partial charge >= 0.3 is 6.03 Å². The van der Waals surface area contributed by atoms with Crippen LogP contribution < -0.4 is 10.2 Å². The zero-order valence-electron chi connectivity index (χ0n) is 18.3. The first-order valence-electron chi connectivity index (χ1n) is 10.9. The summed E-state index contributed by atoms with van der Waals surface area (Å²) in [6.07, 6.45) is 3.95. The number of fused-ring (bicyclic) bond motifs is 1. The third-order valence-electron chi connectivity index (χ3n) is 6.07. The van der Waals surface area contributed by atoms with Gasteiger partial charge in [0.1, 0.15) is 0 Å². The van der Waals surface area contributed by atoms with Gasteiger partial charge in [-0.05, 0) is 37.5 Å². The standard InChI is InChI=1S/C22H32N6O2/c1-15(2)11-27-16(3)12-25(13-17(27)4)14-18-5-8-28-19(9-18)20(10-23-28)26-7-6-21(29)24-22(26)30/h5,8-10,15-17H,6-7,11-14H2,1-4H3,(H,24,29,30)/t16-,17-/m0/s1. The Morgan fingerprint density at radius 2 is 1.93 bits per heavy atom. The molecule has 2 fully saturated rings. The second kappa shape index (κ2) is 8.35. The van der Waals surface area contributed by atoms with Crippen LogP contribution in [0.4, 0.5) is 10.5 Å². The molecular formula is C22H32N6O2. The Labute approximate surface area is 177 Å². The van der Waals surface area contributed by atoms with Crippen LogP contribution in [-0.2, 0) is 11.3 Å². The molecule has 0 aromatic carbocycles. The zero-order chi connectivity index (χ0) is 21.4. The highest BCUT2D eigenvalue weighted by atomic mass is 16.2. The Hall–Kier alpha value is -2.45. The second-order valence-electron chi connectivity index (χ2n) is 9.13. The number of urea groups is 1. The Balaban J connectivity index is 1.50. The van der Waals surface area contributed by atoms with Gasteiger partial charge in [-0.1, -0.05) is 13.8 Å². The van der Waals surface area contributed by atoms with Gasteiger partial charge in [0.05, 0.1) is 17.4 Å². The summed E-state index contributed by atoms with van der Waals surface area (Å²) in [5.74, 6) is 0.444. The van der Waals surface area contributed by atoms with Gasteiger partial charge in [0, 0.05) is 57.4 Å². The van der Waals surface area contributed by atoms with E-state index >= 15 is 0 Å². The SMILES string of the molecule is CC(C)CN1[C@@H](C)CN(Cc2ccn3ncc(N4CCC(=O)NC4=O)c3c2)C[C@@H]1C. The quantitative estimate of drug-likeness (QED) is 0.816. The van der Waals surface area contributed by atoms with E-state index in [0.29, 0.717) is 31.0 Å². The number of pyridine rings is 1. The molecule has 2 aromatic heterocycles. The zero-order valence-corrected chi connectivity index (χ0v) is 18.3. The summed E-state index contributed by atoms with van der Waals surface area (Å²) in [6.45, 7) is 13.7. The average Bonchev–Trinajstić information content (AvgIpc) is 3.08. The second-order valence-corrected chi connectivity index (χ2v) is 9.13. The summed E-state index contributed by atoms with van der Waals surface area (Å²) in [6, 6.07) is 4.89. The number of amides is 3. The highest BCUT2D eigenvalue weighted by molar-refractivity contribution is 6.07. The molecule has 3 amide bonds. The minimum atomic E-state index is -0.379. The van der Waals surface area contributed by atoms with Crippen molar-refractivity contribution in [1.82, 2.24) is 24.7 Å². The topological polar surface area (TPSA) is 73.2 Å². The molecule has 4 heterocycles. The number of aromatic nitrogens is 2. The van der Waals surface area contributed by atoms with Crippen molar-refractivity contribution < 1.29 is 9.59 Å². The van der Waals surface area contributed by atoms with E-state index in [1.54, 1.807) is 15.6 Å². The van der Waals surface area contributed by atoms with Crippen LogP contribution in [0.2, 0.25) is 0 Å². The van der Waals surface area contributed by atoms with E-state index in [-0.39, 0.29) is 11.9 Å². The van der Waals surface area contributed by atoms with Crippen molar-refractivity contribution in [1.29, 1.82) is 0 Å². The van der Waals surface area contributed by atoms with E-state index in [4.69, 9.17) is 0 Å². The van der Waals surface area contributed by atoms with Crippen LogP contribution in [0.15, 0.2) is 24.5 Å². The maximum atomic E-state index is 12.3. The van der Waals surface area contributed by atoms with Crippen molar-refractivity contribution in [2.24, 2.45) is 5.92 Å². The minimum Gasteiger partial charge on any atom is -0.296 e. The van der Waals surface area contributed by atoms with Crippen molar-refractivity contribution in [3.63, 3.8) is 0 Å². The molecule has 2 aliphatic heterocycles. The summed E-state index contributed by atoms with van der Waals surface area (Å²) in [5.41, 5.74) is 2.83. The van der Waals surface area contributed by atoms with Crippen molar-refractivity contribution in [2.45, 2.75) is 52.7 Å². The van der Waals surface area contributed by atoms with E-state index in [0.717, 1.165) is 37.4 Å². The smallest absolute Gasteiger partial charge is 0.296 e. The molecular weight excluding hydrogens is 380 g/mol. The molecule has 2 saturated heterocycles. The highest BCUT2D eigenvalue weighted by Crippen LogP contribution is 2.25. The number of carbonyl (C=O) groups is 2. The normalized spacial score (nSPS) is 24.1. The van der Waals surface area contributed by atoms with Crippen molar-refractivity contribution in [2.75, 3.05) is 31.1 Å². The fourth-order valence-corrected chi connectivity index (χ4v) is 4.75. The summed E-state index contributed by atoms with van der Waals surface area (Å²) in [5, 5.41) is 6.77. The molecule has 0 unspecified atom stereocenters. The van der Waals surface area contributed by atoms with Crippen molar-refractivity contribution in [3.05, 3.63) is 30.1 Å². The van der Waals surface area contributed by atoms with Crippen molar-refractivity contribution >= 4 is 23.1 Å². The summed E-state index contributed by atoms with van der Waals surface area (Å²) in [7, 11) is 0. The molecule has 1 N–H and O–H groups in total. The summed E-state index contributed by atoms with van der Waals surface area (Å²) in [4.78, 5) is 30.5. The average molecular weight is 413 g/mol. The van der Waals surface area contributed by atoms with Gasteiger partial charge in [-0.25, -0.2) is 9.31 Å². The molecule has 162 valence electrons. The first-order chi connectivity index (χ1) is 14.3. The molecule has 2 aromatic rings. The predicted octanol–water partition coefficient (Wildman–Crippen LogP) is 2.33. The Morgan fingerprint density at radius 1 is 1.20 bits per heavy atom. The monoisotopic (exact) mass is 412 g/mol. The number of carbonyl (C=O) groups excluding carboxylic acids is 2. The number of piperazine rings is 1. The number of nitrogens with zero attached hydrogens (tertiary/aromatic N) is 5. The van der Waals surface area contributed by atoms with Gasteiger partial charge in [0.25, 0.3) is 0 Å². The maximum Gasteiger partial charge on any atom is 0.328 e. The molecule has 8 heteroatoms. The molecule has 0 aliphatic carbocycles. The van der Waals surface area contributed by atoms with Crippen LogP contribution in [0.5, 0.6) is 0 Å². The van der Waals surface area contributed by atoms with Crippen LogP contribution >= 0.6 is 0 Å². The van der Waals surface area contributed by atoms with Crippen LogP contribution in [-0.4, -0.2) is 69.6 Å². The van der Waals surface area contributed by atoms with E-state index in [1.807, 2.05) is 6.20 Å². The van der Waals surface area contributed by atoms with Gasteiger partial charge in [0.15, 0.2) is 0 Å². The molecule has 30 heavy (non-hydrogen) atoms. The number of rotatable bonds is 5. The minimum absolute atomic E-state index is 0.228.